The second-order valence-corrected chi connectivity index (χ2v) is 5.69. The van der Waals surface area contributed by atoms with E-state index >= 15 is 0 Å². The van der Waals surface area contributed by atoms with Crippen molar-refractivity contribution >= 4 is 33.0 Å². The van der Waals surface area contributed by atoms with Crippen molar-refractivity contribution in [3.8, 4) is 0 Å². The first-order valence-corrected chi connectivity index (χ1v) is 6.89. The van der Waals surface area contributed by atoms with Gasteiger partial charge in [-0.25, -0.2) is 0 Å². The molecule has 0 radical (unpaired) electrons. The molecule has 0 spiro atoms. The molecular weight excluding hydrogens is 232 g/mol. The van der Waals surface area contributed by atoms with Crippen molar-refractivity contribution in [3.05, 3.63) is 47.8 Å². The molecule has 0 aliphatic carbocycles. The van der Waals surface area contributed by atoms with E-state index in [1.807, 2.05) is 36.7 Å². The van der Waals surface area contributed by atoms with E-state index in [4.69, 9.17) is 0 Å². The number of aldehydes is 1. The third-order valence-electron chi connectivity index (χ3n) is 2.82. The summed E-state index contributed by atoms with van der Waals surface area (Å²) < 4.78 is 2.06. The van der Waals surface area contributed by atoms with Gasteiger partial charge in [-0.15, -0.1) is 0 Å². The van der Waals surface area contributed by atoms with Crippen molar-refractivity contribution in [2.24, 2.45) is 4.99 Å². The molecule has 0 aromatic heterocycles. The van der Waals surface area contributed by atoms with E-state index in [2.05, 4.69) is 22.0 Å². The van der Waals surface area contributed by atoms with E-state index < -0.39 is 0 Å². The highest BCUT2D eigenvalue weighted by atomic mass is 32.2. The topological polar surface area (TPSA) is 32.4 Å². The van der Waals surface area contributed by atoms with Crippen molar-refractivity contribution in [1.82, 2.24) is 0 Å². The third kappa shape index (κ3) is 1.61. The fraction of sp³-hybridized carbons (Fsp3) is 0.0769. The lowest BCUT2D eigenvalue weighted by Crippen LogP contribution is -2.05. The van der Waals surface area contributed by atoms with Gasteiger partial charge in [-0.05, 0) is 16.8 Å². The predicted molar refractivity (Wildman–Crippen MR) is 72.4 cm³/mol. The lowest BCUT2D eigenvalue weighted by molar-refractivity contribution is -0.304. The van der Waals surface area contributed by atoms with Crippen LogP contribution >= 0.6 is 10.5 Å². The summed E-state index contributed by atoms with van der Waals surface area (Å²) in [6, 6.07) is 7.68. The van der Waals surface area contributed by atoms with Crippen LogP contribution in [0, 0.1) is 0 Å². The second-order valence-electron chi connectivity index (χ2n) is 3.86. The summed E-state index contributed by atoms with van der Waals surface area (Å²) in [6.45, 7) is 0. The smallest absolute Gasteiger partial charge is 0.298 e. The first-order valence-electron chi connectivity index (χ1n) is 5.26. The molecule has 17 heavy (non-hydrogen) atoms. The van der Waals surface area contributed by atoms with Crippen molar-refractivity contribution in [1.29, 1.82) is 0 Å². The Morgan fingerprint density at radius 1 is 1.29 bits per heavy atom. The molecule has 0 saturated heterocycles. The summed E-state index contributed by atoms with van der Waals surface area (Å²) in [5, 5.41) is 1.10. The lowest BCUT2D eigenvalue weighted by atomic mass is 10.1. The summed E-state index contributed by atoms with van der Waals surface area (Å²) in [5.74, 6) is 0. The number of fused-ring (bicyclic) bond motifs is 1. The molecule has 1 atom stereocenters. The molecule has 3 rings (SSSR count). The summed E-state index contributed by atoms with van der Waals surface area (Å²) in [7, 11) is 0.0106. The molecule has 2 heterocycles. The summed E-state index contributed by atoms with van der Waals surface area (Å²) in [6.07, 6.45) is 8.93. The minimum absolute atomic E-state index is 0.0106. The zero-order chi connectivity index (χ0) is 11.8. The van der Waals surface area contributed by atoms with Gasteiger partial charge in [-0.1, -0.05) is 34.7 Å². The number of hydrogen-bond acceptors (Lipinski definition) is 2. The number of amidine groups is 1. The Balaban J connectivity index is 2.05. The molecule has 0 N–H and O–H groups in total. The Bertz CT molecular complexity index is 621. The maximum Gasteiger partial charge on any atom is 0.358 e. The normalized spacial score (nSPS) is 21.2. The van der Waals surface area contributed by atoms with Gasteiger partial charge in [0.05, 0.1) is 4.86 Å². The maximum absolute atomic E-state index is 10.6. The van der Waals surface area contributed by atoms with Gasteiger partial charge in [0.15, 0.2) is 6.20 Å². The monoisotopic (exact) mass is 243 g/mol. The minimum atomic E-state index is 0.0106. The number of carbonyl (C=O) groups is 1. The average Bonchev–Trinajstić information content (AvgIpc) is 2.93. The van der Waals surface area contributed by atoms with Crippen molar-refractivity contribution in [2.75, 3.05) is 6.26 Å². The molecule has 1 aromatic rings. The second kappa shape index (κ2) is 3.89. The highest BCUT2D eigenvalue weighted by Gasteiger charge is 2.28. The van der Waals surface area contributed by atoms with E-state index in [9.17, 15) is 4.79 Å². The quantitative estimate of drug-likeness (QED) is 0.443. The van der Waals surface area contributed by atoms with Crippen molar-refractivity contribution in [2.45, 2.75) is 0 Å². The summed E-state index contributed by atoms with van der Waals surface area (Å²) in [5.41, 5.74) is 1.87. The third-order valence-corrected chi connectivity index (χ3v) is 4.69. The number of rotatable bonds is 2. The lowest BCUT2D eigenvalue weighted by Gasteiger charge is -1.99. The number of aliphatic imine (C=N–C) groups is 1. The van der Waals surface area contributed by atoms with E-state index in [0.717, 1.165) is 17.0 Å². The summed E-state index contributed by atoms with van der Waals surface area (Å²) in [4.78, 5) is 16.2. The fourth-order valence-corrected chi connectivity index (χ4v) is 3.52. The predicted octanol–water partition coefficient (Wildman–Crippen LogP) is 1.86. The Hall–Kier alpha value is -1.81. The number of nitrogens with zero attached hydrogens (tertiary/aromatic N) is 2. The summed E-state index contributed by atoms with van der Waals surface area (Å²) >= 11 is 0. The molecule has 0 bridgehead atoms. The molecule has 0 fully saturated rings. The molecule has 0 saturated carbocycles. The molecule has 1 unspecified atom stereocenters. The van der Waals surface area contributed by atoms with Crippen LogP contribution in [0.3, 0.4) is 0 Å². The Morgan fingerprint density at radius 2 is 2.06 bits per heavy atom. The minimum Gasteiger partial charge on any atom is -0.298 e. The molecular formula is C13H11N2OS+. The zero-order valence-corrected chi connectivity index (χ0v) is 10.1. The van der Waals surface area contributed by atoms with Crippen LogP contribution in [0.15, 0.2) is 41.7 Å². The number of carbonyl (C=O) groups excluding carboxylic acids is 1. The van der Waals surface area contributed by atoms with Crippen LogP contribution in [0.2, 0.25) is 0 Å². The van der Waals surface area contributed by atoms with E-state index in [1.165, 1.54) is 4.86 Å². The fourth-order valence-electron chi connectivity index (χ4n) is 1.92. The van der Waals surface area contributed by atoms with Gasteiger partial charge >= 0.3 is 5.17 Å². The van der Waals surface area contributed by atoms with Gasteiger partial charge in [0.25, 0.3) is 0 Å². The first kappa shape index (κ1) is 10.4. The van der Waals surface area contributed by atoms with Gasteiger partial charge in [0.2, 0.25) is 0 Å². The molecule has 84 valence electrons. The molecule has 2 aliphatic heterocycles. The SMILES string of the molecule is CS1=C(c2ccc(C=O)cc2)C=[N+]2C=CN=C21. The van der Waals surface area contributed by atoms with Crippen LogP contribution in [0.4, 0.5) is 0 Å². The maximum atomic E-state index is 10.6. The Morgan fingerprint density at radius 3 is 2.71 bits per heavy atom. The van der Waals surface area contributed by atoms with Crippen LogP contribution in [0.25, 0.3) is 0 Å². The molecule has 3 nitrogen and oxygen atoms in total. The van der Waals surface area contributed by atoms with E-state index in [0.29, 0.717) is 5.56 Å². The number of hydrogen-bond donors (Lipinski definition) is 0. The largest absolute Gasteiger partial charge is 0.358 e. The Kier molecular flexibility index (Phi) is 2.37. The molecule has 4 heteroatoms. The highest BCUT2D eigenvalue weighted by molar-refractivity contribution is 8.29. The molecule has 2 aliphatic rings. The van der Waals surface area contributed by atoms with Crippen LogP contribution in [-0.4, -0.2) is 33.4 Å². The molecule has 1 aromatic carbocycles. The van der Waals surface area contributed by atoms with Gasteiger partial charge in [-0.2, -0.15) is 4.58 Å². The molecule has 0 amide bonds. The Labute approximate surface area is 102 Å². The van der Waals surface area contributed by atoms with Gasteiger partial charge in [0.1, 0.15) is 18.7 Å². The van der Waals surface area contributed by atoms with Gasteiger partial charge in [0, 0.05) is 5.56 Å². The number of benzene rings is 1. The average molecular weight is 243 g/mol. The van der Waals surface area contributed by atoms with E-state index in [1.54, 1.807) is 0 Å². The standard InChI is InChI=1S/C13H11N2OS/c1-17-12(8-15-7-6-14-13(15)17)11-4-2-10(9-16)3-5-11/h2-9H,1H3/q+1. The first-order chi connectivity index (χ1) is 8.29. The van der Waals surface area contributed by atoms with Crippen molar-refractivity contribution in [3.63, 3.8) is 0 Å². The van der Waals surface area contributed by atoms with Crippen LogP contribution < -0.4 is 0 Å². The van der Waals surface area contributed by atoms with Gasteiger partial charge in [-0.3, -0.25) is 4.79 Å². The van der Waals surface area contributed by atoms with Gasteiger partial charge < -0.3 is 0 Å². The van der Waals surface area contributed by atoms with Crippen molar-refractivity contribution < 1.29 is 9.37 Å². The van der Waals surface area contributed by atoms with Crippen LogP contribution in [0.5, 0.6) is 0 Å². The zero-order valence-electron chi connectivity index (χ0n) is 9.33. The van der Waals surface area contributed by atoms with Crippen LogP contribution in [0.1, 0.15) is 15.9 Å². The van der Waals surface area contributed by atoms with Crippen LogP contribution in [-0.2, 0) is 0 Å². The highest BCUT2D eigenvalue weighted by Crippen LogP contribution is 2.25. The van der Waals surface area contributed by atoms with E-state index in [-0.39, 0.29) is 10.5 Å².